The van der Waals surface area contributed by atoms with E-state index in [1.54, 1.807) is 0 Å². The Morgan fingerprint density at radius 1 is 1.07 bits per heavy atom. The zero-order chi connectivity index (χ0) is 18.4. The minimum Gasteiger partial charge on any atom is -0.358 e. The molecule has 0 aromatic heterocycles. The van der Waals surface area contributed by atoms with E-state index in [9.17, 15) is 0 Å². The standard InChI is InChI=1S/C24H31NO2/c1-15-9-10-17-20(13-15)26-22-24-12-11-19(27-24)21(16-7-5-4-6-8-16)18(24)14-25(22)23(17,2)3/h4-8,11-12,15,17-22H,9-10,13-14H2,1-3H3/t15-,17-,18+,19+,20-,21+,22+,24-/m1/s1. The van der Waals surface area contributed by atoms with Crippen LogP contribution in [0.3, 0.4) is 0 Å². The fourth-order valence-electron chi connectivity index (χ4n) is 7.08. The minimum atomic E-state index is -0.256. The summed E-state index contributed by atoms with van der Waals surface area (Å²) in [5.41, 5.74) is 1.33. The number of benzene rings is 1. The summed E-state index contributed by atoms with van der Waals surface area (Å²) >= 11 is 0. The summed E-state index contributed by atoms with van der Waals surface area (Å²) in [5.74, 6) is 2.34. The highest BCUT2D eigenvalue weighted by atomic mass is 16.6. The molecule has 5 aliphatic rings. The zero-order valence-corrected chi connectivity index (χ0v) is 16.7. The average molecular weight is 366 g/mol. The molecule has 1 aromatic carbocycles. The van der Waals surface area contributed by atoms with Crippen LogP contribution in [-0.4, -0.2) is 41.0 Å². The first kappa shape index (κ1) is 16.8. The molecule has 0 unspecified atom stereocenters. The average Bonchev–Trinajstić information content (AvgIpc) is 3.31. The number of rotatable bonds is 1. The van der Waals surface area contributed by atoms with Crippen LogP contribution in [-0.2, 0) is 9.47 Å². The van der Waals surface area contributed by atoms with Crippen LogP contribution < -0.4 is 0 Å². The first-order valence-corrected chi connectivity index (χ1v) is 10.8. The molecule has 1 aromatic rings. The van der Waals surface area contributed by atoms with Crippen molar-refractivity contribution in [2.45, 2.75) is 75.5 Å². The Kier molecular flexibility index (Phi) is 3.39. The van der Waals surface area contributed by atoms with Gasteiger partial charge >= 0.3 is 0 Å². The highest BCUT2D eigenvalue weighted by Gasteiger charge is 2.70. The van der Waals surface area contributed by atoms with Gasteiger partial charge in [0.05, 0.1) is 12.2 Å². The van der Waals surface area contributed by atoms with Crippen LogP contribution in [0.25, 0.3) is 0 Å². The summed E-state index contributed by atoms with van der Waals surface area (Å²) in [5, 5.41) is 0. The number of hydrogen-bond acceptors (Lipinski definition) is 3. The Bertz CT molecular complexity index is 774. The molecule has 6 rings (SSSR count). The molecule has 0 amide bonds. The van der Waals surface area contributed by atoms with Crippen molar-refractivity contribution >= 4 is 0 Å². The number of nitrogens with zero attached hydrogens (tertiary/aromatic N) is 1. The molecule has 0 N–H and O–H groups in total. The molecule has 0 radical (unpaired) electrons. The van der Waals surface area contributed by atoms with Gasteiger partial charge in [-0.2, -0.15) is 0 Å². The van der Waals surface area contributed by atoms with Crippen molar-refractivity contribution < 1.29 is 9.47 Å². The van der Waals surface area contributed by atoms with Crippen molar-refractivity contribution in [3.63, 3.8) is 0 Å². The summed E-state index contributed by atoms with van der Waals surface area (Å²) in [6, 6.07) is 11.0. The van der Waals surface area contributed by atoms with Gasteiger partial charge in [0, 0.05) is 29.8 Å². The number of ether oxygens (including phenoxy) is 2. The van der Waals surface area contributed by atoms with Gasteiger partial charge in [0.25, 0.3) is 0 Å². The summed E-state index contributed by atoms with van der Waals surface area (Å²) in [6.45, 7) is 8.39. The molecule has 27 heavy (non-hydrogen) atoms. The Hall–Kier alpha value is -1.16. The normalized spacial score (nSPS) is 49.7. The van der Waals surface area contributed by atoms with E-state index in [4.69, 9.17) is 9.47 Å². The molecule has 3 saturated heterocycles. The number of fused-ring (bicyclic) bond motifs is 3. The van der Waals surface area contributed by atoms with Crippen LogP contribution >= 0.6 is 0 Å². The second-order valence-electron chi connectivity index (χ2n) is 10.2. The van der Waals surface area contributed by atoms with Gasteiger partial charge in [0.1, 0.15) is 11.8 Å². The second kappa shape index (κ2) is 5.46. The molecule has 144 valence electrons. The molecule has 1 saturated carbocycles. The topological polar surface area (TPSA) is 21.7 Å². The second-order valence-corrected chi connectivity index (χ2v) is 10.2. The summed E-state index contributed by atoms with van der Waals surface area (Å²) in [6.07, 6.45) is 9.15. The Balaban J connectivity index is 1.40. The van der Waals surface area contributed by atoms with E-state index in [1.165, 1.54) is 24.8 Å². The fourth-order valence-corrected chi connectivity index (χ4v) is 7.08. The third-order valence-electron chi connectivity index (χ3n) is 8.51. The van der Waals surface area contributed by atoms with Crippen molar-refractivity contribution in [3.8, 4) is 0 Å². The van der Waals surface area contributed by atoms with Gasteiger partial charge in [0.2, 0.25) is 0 Å². The lowest BCUT2D eigenvalue weighted by Crippen LogP contribution is -2.65. The molecular formula is C24H31NO2. The highest BCUT2D eigenvalue weighted by Crippen LogP contribution is 2.62. The molecular weight excluding hydrogens is 334 g/mol. The molecule has 2 bridgehead atoms. The predicted molar refractivity (Wildman–Crippen MR) is 105 cm³/mol. The van der Waals surface area contributed by atoms with Crippen molar-refractivity contribution in [2.75, 3.05) is 6.54 Å². The van der Waals surface area contributed by atoms with Gasteiger partial charge in [0.15, 0.2) is 0 Å². The zero-order valence-electron chi connectivity index (χ0n) is 16.7. The van der Waals surface area contributed by atoms with Crippen LogP contribution in [0.2, 0.25) is 0 Å². The fraction of sp³-hybridized carbons (Fsp3) is 0.667. The minimum absolute atomic E-state index is 0.0685. The quantitative estimate of drug-likeness (QED) is 0.691. The lowest BCUT2D eigenvalue weighted by Gasteiger charge is -2.56. The summed E-state index contributed by atoms with van der Waals surface area (Å²) in [4.78, 5) is 2.66. The van der Waals surface area contributed by atoms with E-state index in [2.05, 4.69) is 68.2 Å². The molecule has 8 atom stereocenters. The molecule has 4 aliphatic heterocycles. The van der Waals surface area contributed by atoms with Crippen molar-refractivity contribution in [1.82, 2.24) is 4.90 Å². The SMILES string of the molecule is C[C@@H]1CC[C@@H]2[C@@H](C1)O[C@@H]1N(C[C@H]3[C@H](c4ccccc4)[C@@H]4C=C[C@]13O4)C2(C)C. The molecule has 3 heteroatoms. The first-order chi connectivity index (χ1) is 13.0. The maximum atomic E-state index is 6.89. The van der Waals surface area contributed by atoms with Gasteiger partial charge < -0.3 is 9.47 Å². The summed E-state index contributed by atoms with van der Waals surface area (Å²) < 4.78 is 13.6. The van der Waals surface area contributed by atoms with Crippen molar-refractivity contribution in [2.24, 2.45) is 17.8 Å². The monoisotopic (exact) mass is 365 g/mol. The van der Waals surface area contributed by atoms with Crippen molar-refractivity contribution in [3.05, 3.63) is 48.0 Å². The highest BCUT2D eigenvalue weighted by molar-refractivity contribution is 5.38. The smallest absolute Gasteiger partial charge is 0.144 e. The van der Waals surface area contributed by atoms with E-state index in [-0.39, 0.29) is 23.5 Å². The Morgan fingerprint density at radius 3 is 2.70 bits per heavy atom. The molecule has 4 fully saturated rings. The maximum Gasteiger partial charge on any atom is 0.144 e. The largest absolute Gasteiger partial charge is 0.358 e. The van der Waals surface area contributed by atoms with Crippen LogP contribution in [0, 0.1) is 17.8 Å². The van der Waals surface area contributed by atoms with E-state index >= 15 is 0 Å². The predicted octanol–water partition coefficient (Wildman–Crippen LogP) is 4.35. The van der Waals surface area contributed by atoms with Gasteiger partial charge in [-0.25, -0.2) is 0 Å². The van der Waals surface area contributed by atoms with E-state index in [0.29, 0.717) is 23.9 Å². The van der Waals surface area contributed by atoms with Crippen LogP contribution in [0.15, 0.2) is 42.5 Å². The Morgan fingerprint density at radius 2 is 1.89 bits per heavy atom. The van der Waals surface area contributed by atoms with Gasteiger partial charge in [-0.3, -0.25) is 4.90 Å². The van der Waals surface area contributed by atoms with E-state index in [1.807, 2.05) is 0 Å². The van der Waals surface area contributed by atoms with E-state index < -0.39 is 0 Å². The lowest BCUT2D eigenvalue weighted by molar-refractivity contribution is -0.254. The third kappa shape index (κ3) is 2.08. The first-order valence-electron chi connectivity index (χ1n) is 10.8. The van der Waals surface area contributed by atoms with Crippen LogP contribution in [0.4, 0.5) is 0 Å². The van der Waals surface area contributed by atoms with Crippen LogP contribution in [0.5, 0.6) is 0 Å². The summed E-state index contributed by atoms with van der Waals surface area (Å²) in [7, 11) is 0. The van der Waals surface area contributed by atoms with E-state index in [0.717, 1.165) is 12.5 Å². The molecule has 4 heterocycles. The van der Waals surface area contributed by atoms with Crippen LogP contribution in [0.1, 0.15) is 51.5 Å². The lowest BCUT2D eigenvalue weighted by atomic mass is 9.69. The van der Waals surface area contributed by atoms with Gasteiger partial charge in [-0.15, -0.1) is 0 Å². The molecule has 1 aliphatic carbocycles. The van der Waals surface area contributed by atoms with Crippen molar-refractivity contribution in [1.29, 1.82) is 0 Å². The Labute approximate surface area is 162 Å². The maximum absolute atomic E-state index is 6.89. The molecule has 1 spiro atoms. The van der Waals surface area contributed by atoms with Gasteiger partial charge in [-0.05, 0) is 44.2 Å². The molecule has 3 nitrogen and oxygen atoms in total. The third-order valence-corrected chi connectivity index (χ3v) is 8.51. The number of hydrogen-bond donors (Lipinski definition) is 0. The van der Waals surface area contributed by atoms with Gasteiger partial charge in [-0.1, -0.05) is 49.8 Å².